The third-order valence-corrected chi connectivity index (χ3v) is 5.28. The number of hydrogen-bond donors (Lipinski definition) is 0. The van der Waals surface area contributed by atoms with Gasteiger partial charge in [0.05, 0.1) is 4.21 Å². The van der Waals surface area contributed by atoms with E-state index in [1.54, 1.807) is 0 Å². The number of halogens is 1. The molecule has 2 aromatic rings. The molecule has 0 aliphatic carbocycles. The number of hydrogen-bond acceptors (Lipinski definition) is 3. The van der Waals surface area contributed by atoms with E-state index in [2.05, 4.69) is 42.6 Å². The number of aryl methyl sites for hydroxylation is 1. The van der Waals surface area contributed by atoms with Gasteiger partial charge in [-0.15, -0.1) is 11.3 Å². The molecule has 0 radical (unpaired) electrons. The van der Waals surface area contributed by atoms with Gasteiger partial charge >= 0.3 is 0 Å². The highest BCUT2D eigenvalue weighted by molar-refractivity contribution is 8.01. The van der Waals surface area contributed by atoms with Crippen molar-refractivity contribution in [2.45, 2.75) is 21.9 Å². The number of rotatable bonds is 6. The van der Waals surface area contributed by atoms with Gasteiger partial charge in [-0.2, -0.15) is 0 Å². The van der Waals surface area contributed by atoms with Crippen LogP contribution in [0.25, 0.3) is 0 Å². The van der Waals surface area contributed by atoms with Crippen molar-refractivity contribution in [1.82, 2.24) is 4.90 Å². The molecular formula is C15H18ClNS2. The minimum absolute atomic E-state index is 0.793. The van der Waals surface area contributed by atoms with Crippen LogP contribution in [0.1, 0.15) is 12.0 Å². The largest absolute Gasteiger partial charge is 0.309 e. The highest BCUT2D eigenvalue weighted by Gasteiger charge is 2.06. The summed E-state index contributed by atoms with van der Waals surface area (Å²) < 4.78 is 1.40. The van der Waals surface area contributed by atoms with Crippen LogP contribution in [-0.2, 0) is 6.42 Å². The zero-order chi connectivity index (χ0) is 13.7. The van der Waals surface area contributed by atoms with E-state index in [1.807, 2.05) is 35.2 Å². The first kappa shape index (κ1) is 14.9. The Bertz CT molecular complexity index is 505. The second-order valence-electron chi connectivity index (χ2n) is 4.70. The van der Waals surface area contributed by atoms with Crippen molar-refractivity contribution in [2.75, 3.05) is 20.6 Å². The highest BCUT2D eigenvalue weighted by atomic mass is 35.5. The molecule has 0 unspecified atom stereocenters. The molecule has 0 spiro atoms. The van der Waals surface area contributed by atoms with E-state index in [0.29, 0.717) is 0 Å². The number of thiophene rings is 1. The van der Waals surface area contributed by atoms with Gasteiger partial charge in [-0.05, 0) is 74.8 Å². The van der Waals surface area contributed by atoms with Crippen LogP contribution < -0.4 is 0 Å². The molecule has 0 saturated heterocycles. The summed E-state index contributed by atoms with van der Waals surface area (Å²) in [6.45, 7) is 1.14. The maximum Gasteiger partial charge on any atom is 0.0678 e. The molecule has 4 heteroatoms. The normalized spacial score (nSPS) is 11.2. The fourth-order valence-electron chi connectivity index (χ4n) is 1.79. The average Bonchev–Trinajstić information content (AvgIpc) is 2.79. The highest BCUT2D eigenvalue weighted by Crippen LogP contribution is 2.35. The minimum Gasteiger partial charge on any atom is -0.309 e. The van der Waals surface area contributed by atoms with Gasteiger partial charge in [-0.1, -0.05) is 23.4 Å². The lowest BCUT2D eigenvalue weighted by Gasteiger charge is -2.09. The van der Waals surface area contributed by atoms with Gasteiger partial charge in [0.1, 0.15) is 0 Å². The van der Waals surface area contributed by atoms with E-state index < -0.39 is 0 Å². The molecule has 1 heterocycles. The first-order chi connectivity index (χ1) is 9.15. The molecule has 0 bridgehead atoms. The molecule has 0 N–H and O–H groups in total. The topological polar surface area (TPSA) is 3.24 Å². The zero-order valence-corrected chi connectivity index (χ0v) is 13.6. The van der Waals surface area contributed by atoms with Crippen LogP contribution in [0.4, 0.5) is 0 Å². The summed E-state index contributed by atoms with van der Waals surface area (Å²) in [5.41, 5.74) is 1.46. The lowest BCUT2D eigenvalue weighted by Crippen LogP contribution is -2.13. The van der Waals surface area contributed by atoms with E-state index in [0.717, 1.165) is 18.0 Å². The smallest absolute Gasteiger partial charge is 0.0678 e. The van der Waals surface area contributed by atoms with E-state index in [4.69, 9.17) is 11.6 Å². The summed E-state index contributed by atoms with van der Waals surface area (Å²) in [5, 5.41) is 2.98. The molecule has 2 rings (SSSR count). The zero-order valence-electron chi connectivity index (χ0n) is 11.2. The molecule has 0 fully saturated rings. The van der Waals surface area contributed by atoms with Crippen molar-refractivity contribution in [1.29, 1.82) is 0 Å². The van der Waals surface area contributed by atoms with Gasteiger partial charge in [-0.25, -0.2) is 0 Å². The Hall–Kier alpha value is -0.480. The van der Waals surface area contributed by atoms with E-state index in [1.165, 1.54) is 21.1 Å². The Morgan fingerprint density at radius 1 is 1.16 bits per heavy atom. The monoisotopic (exact) mass is 311 g/mol. The fourth-order valence-corrected chi connectivity index (χ4v) is 4.03. The fraction of sp³-hybridized carbons (Fsp3) is 0.333. The quantitative estimate of drug-likeness (QED) is 0.734. The Morgan fingerprint density at radius 3 is 2.58 bits per heavy atom. The Morgan fingerprint density at radius 2 is 1.89 bits per heavy atom. The van der Waals surface area contributed by atoms with Crippen LogP contribution in [0.2, 0.25) is 5.02 Å². The summed E-state index contributed by atoms with van der Waals surface area (Å²) in [6.07, 6.45) is 2.36. The van der Waals surface area contributed by atoms with E-state index >= 15 is 0 Å². The molecular weight excluding hydrogens is 294 g/mol. The third-order valence-electron chi connectivity index (χ3n) is 2.78. The van der Waals surface area contributed by atoms with Gasteiger partial charge in [0.15, 0.2) is 0 Å². The number of benzene rings is 1. The molecule has 19 heavy (non-hydrogen) atoms. The minimum atomic E-state index is 0.793. The van der Waals surface area contributed by atoms with Crippen LogP contribution in [0.5, 0.6) is 0 Å². The second-order valence-corrected chi connectivity index (χ2v) is 7.39. The molecule has 0 saturated carbocycles. The van der Waals surface area contributed by atoms with Crippen LogP contribution in [0.3, 0.4) is 0 Å². The maximum absolute atomic E-state index is 5.91. The van der Waals surface area contributed by atoms with E-state index in [-0.39, 0.29) is 0 Å². The van der Waals surface area contributed by atoms with Crippen molar-refractivity contribution >= 4 is 34.7 Å². The summed E-state index contributed by atoms with van der Waals surface area (Å²) >= 11 is 9.57. The molecule has 1 aromatic heterocycles. The van der Waals surface area contributed by atoms with Crippen molar-refractivity contribution in [3.63, 3.8) is 0 Å². The van der Waals surface area contributed by atoms with Crippen LogP contribution in [0.15, 0.2) is 44.8 Å². The average molecular weight is 312 g/mol. The van der Waals surface area contributed by atoms with Crippen molar-refractivity contribution in [3.8, 4) is 0 Å². The van der Waals surface area contributed by atoms with Gasteiger partial charge in [0.2, 0.25) is 0 Å². The van der Waals surface area contributed by atoms with Crippen molar-refractivity contribution in [2.24, 2.45) is 0 Å². The Kier molecular flexibility index (Phi) is 5.76. The summed E-state index contributed by atoms with van der Waals surface area (Å²) in [7, 11) is 4.24. The van der Waals surface area contributed by atoms with Crippen LogP contribution in [0, 0.1) is 0 Å². The van der Waals surface area contributed by atoms with Crippen LogP contribution >= 0.6 is 34.7 Å². The van der Waals surface area contributed by atoms with Gasteiger partial charge in [-0.3, -0.25) is 0 Å². The summed E-state index contributed by atoms with van der Waals surface area (Å²) in [6, 6.07) is 10.3. The standard InChI is InChI=1S/C15H18ClNS2/c1-17(2)10-3-4-12-9-11-18-15(12)19-14-7-5-13(16)6-8-14/h5-9,11H,3-4,10H2,1-2H3. The molecule has 0 amide bonds. The maximum atomic E-state index is 5.91. The summed E-state index contributed by atoms with van der Waals surface area (Å²) in [4.78, 5) is 3.49. The first-order valence-corrected chi connectivity index (χ1v) is 8.37. The second kappa shape index (κ2) is 7.34. The molecule has 1 nitrogen and oxygen atoms in total. The van der Waals surface area contributed by atoms with Gasteiger partial charge < -0.3 is 4.90 Å². The Balaban J connectivity index is 1.97. The lowest BCUT2D eigenvalue weighted by molar-refractivity contribution is 0.400. The molecule has 0 aliphatic heterocycles. The van der Waals surface area contributed by atoms with Crippen molar-refractivity contribution < 1.29 is 0 Å². The SMILES string of the molecule is CN(C)CCCc1ccsc1Sc1ccc(Cl)cc1. The lowest BCUT2D eigenvalue weighted by atomic mass is 10.2. The summed E-state index contributed by atoms with van der Waals surface area (Å²) in [5.74, 6) is 0. The number of nitrogens with zero attached hydrogens (tertiary/aromatic N) is 1. The molecule has 1 aromatic carbocycles. The third kappa shape index (κ3) is 4.84. The Labute approximate surface area is 128 Å². The predicted octanol–water partition coefficient (Wildman–Crippen LogP) is 5.05. The van der Waals surface area contributed by atoms with Crippen LogP contribution in [-0.4, -0.2) is 25.5 Å². The molecule has 102 valence electrons. The van der Waals surface area contributed by atoms with Gasteiger partial charge in [0.25, 0.3) is 0 Å². The molecule has 0 atom stereocenters. The van der Waals surface area contributed by atoms with Crippen molar-refractivity contribution in [3.05, 3.63) is 46.3 Å². The molecule has 0 aliphatic rings. The first-order valence-electron chi connectivity index (χ1n) is 6.29. The van der Waals surface area contributed by atoms with E-state index in [9.17, 15) is 0 Å². The van der Waals surface area contributed by atoms with Gasteiger partial charge in [0, 0.05) is 9.92 Å². The predicted molar refractivity (Wildman–Crippen MR) is 86.8 cm³/mol.